The molecule has 0 aliphatic carbocycles. The number of hydrogen-bond acceptors (Lipinski definition) is 3. The van der Waals surface area contributed by atoms with Gasteiger partial charge in [0.05, 0.1) is 0 Å². The Bertz CT molecular complexity index is 278. The second-order valence-electron chi connectivity index (χ2n) is 2.93. The van der Waals surface area contributed by atoms with Crippen LogP contribution < -0.4 is 0 Å². The highest BCUT2D eigenvalue weighted by Gasteiger charge is 2.03. The summed E-state index contributed by atoms with van der Waals surface area (Å²) < 4.78 is 8.21. The fourth-order valence-corrected chi connectivity index (χ4v) is 2.15. The molecule has 0 saturated heterocycles. The predicted octanol–water partition coefficient (Wildman–Crippen LogP) is 2.62. The zero-order chi connectivity index (χ0) is 10.4. The minimum atomic E-state index is 0.626. The number of hydrogen-bond donors (Lipinski definition) is 0. The van der Waals surface area contributed by atoms with Crippen LogP contribution in [-0.4, -0.2) is 28.5 Å². The standard InChI is InChI=1S/C8H13Br2N3O/c1-14-6-4-2-3-5-13-8(10)11-7(9)12-13/h2-6H2,1H3. The Kier molecular flexibility index (Phi) is 5.66. The number of methoxy groups -OCH3 is 1. The zero-order valence-electron chi connectivity index (χ0n) is 8.04. The maximum absolute atomic E-state index is 4.97. The van der Waals surface area contributed by atoms with Crippen molar-refractivity contribution in [3.05, 3.63) is 9.47 Å². The van der Waals surface area contributed by atoms with E-state index in [-0.39, 0.29) is 0 Å². The van der Waals surface area contributed by atoms with Crippen molar-refractivity contribution in [3.63, 3.8) is 0 Å². The van der Waals surface area contributed by atoms with Crippen LogP contribution in [0.4, 0.5) is 0 Å². The van der Waals surface area contributed by atoms with E-state index in [1.165, 1.54) is 0 Å². The lowest BCUT2D eigenvalue weighted by atomic mass is 10.2. The van der Waals surface area contributed by atoms with Crippen molar-refractivity contribution in [2.45, 2.75) is 25.8 Å². The lowest BCUT2D eigenvalue weighted by Gasteiger charge is -2.01. The molecule has 0 amide bonds. The number of unbranched alkanes of at least 4 members (excludes halogenated alkanes) is 2. The van der Waals surface area contributed by atoms with Gasteiger partial charge in [0.25, 0.3) is 0 Å². The largest absolute Gasteiger partial charge is 0.385 e. The molecule has 0 aliphatic heterocycles. The first-order valence-electron chi connectivity index (χ1n) is 4.49. The third kappa shape index (κ3) is 4.06. The Morgan fingerprint density at radius 3 is 2.64 bits per heavy atom. The first-order chi connectivity index (χ1) is 6.74. The van der Waals surface area contributed by atoms with Crippen LogP contribution in [0.1, 0.15) is 19.3 Å². The molecular weight excluding hydrogens is 314 g/mol. The van der Waals surface area contributed by atoms with Gasteiger partial charge in [0.15, 0.2) is 4.73 Å². The minimum Gasteiger partial charge on any atom is -0.385 e. The summed E-state index contributed by atoms with van der Waals surface area (Å²) in [6, 6.07) is 0. The highest BCUT2D eigenvalue weighted by Crippen LogP contribution is 2.12. The van der Waals surface area contributed by atoms with Gasteiger partial charge in [0.1, 0.15) is 0 Å². The monoisotopic (exact) mass is 325 g/mol. The number of aromatic nitrogens is 3. The normalized spacial score (nSPS) is 10.8. The number of halogens is 2. The van der Waals surface area contributed by atoms with Crippen molar-refractivity contribution in [2.75, 3.05) is 13.7 Å². The topological polar surface area (TPSA) is 39.9 Å². The van der Waals surface area contributed by atoms with E-state index in [0.717, 1.165) is 37.1 Å². The molecule has 0 N–H and O–H groups in total. The number of ether oxygens (including phenoxy) is 1. The van der Waals surface area contributed by atoms with Crippen LogP contribution in [-0.2, 0) is 11.3 Å². The number of rotatable bonds is 6. The minimum absolute atomic E-state index is 0.626. The third-order valence-corrected chi connectivity index (χ3v) is 2.74. The summed E-state index contributed by atoms with van der Waals surface area (Å²) in [5, 5.41) is 4.17. The van der Waals surface area contributed by atoms with Gasteiger partial charge in [0.2, 0.25) is 4.73 Å². The van der Waals surface area contributed by atoms with E-state index in [2.05, 4.69) is 41.9 Å². The average molecular weight is 327 g/mol. The smallest absolute Gasteiger partial charge is 0.218 e. The zero-order valence-corrected chi connectivity index (χ0v) is 11.2. The number of nitrogens with zero attached hydrogens (tertiary/aromatic N) is 3. The molecule has 6 heteroatoms. The second-order valence-corrected chi connectivity index (χ2v) is 4.35. The van der Waals surface area contributed by atoms with E-state index < -0.39 is 0 Å². The first-order valence-corrected chi connectivity index (χ1v) is 6.07. The van der Waals surface area contributed by atoms with E-state index in [1.54, 1.807) is 7.11 Å². The molecule has 0 atom stereocenters. The van der Waals surface area contributed by atoms with Crippen LogP contribution in [0, 0.1) is 0 Å². The van der Waals surface area contributed by atoms with E-state index >= 15 is 0 Å². The summed E-state index contributed by atoms with van der Waals surface area (Å²) in [6.45, 7) is 1.73. The van der Waals surface area contributed by atoms with Crippen molar-refractivity contribution < 1.29 is 4.74 Å². The van der Waals surface area contributed by atoms with Crippen molar-refractivity contribution >= 4 is 31.9 Å². The van der Waals surface area contributed by atoms with Crippen molar-refractivity contribution in [1.29, 1.82) is 0 Å². The molecule has 1 aromatic rings. The number of aryl methyl sites for hydroxylation is 1. The van der Waals surface area contributed by atoms with Crippen molar-refractivity contribution in [1.82, 2.24) is 14.8 Å². The molecule has 1 heterocycles. The summed E-state index contributed by atoms with van der Waals surface area (Å²) in [5.74, 6) is 0. The summed E-state index contributed by atoms with van der Waals surface area (Å²) in [6.07, 6.45) is 3.35. The van der Waals surface area contributed by atoms with Gasteiger partial charge in [-0.25, -0.2) is 4.68 Å². The first kappa shape index (κ1) is 12.1. The molecule has 4 nitrogen and oxygen atoms in total. The summed E-state index contributed by atoms with van der Waals surface area (Å²) in [4.78, 5) is 4.09. The van der Waals surface area contributed by atoms with Crippen LogP contribution in [0.3, 0.4) is 0 Å². The highest BCUT2D eigenvalue weighted by molar-refractivity contribution is 9.11. The SMILES string of the molecule is COCCCCCn1nc(Br)nc1Br. The van der Waals surface area contributed by atoms with Gasteiger partial charge in [-0.15, -0.1) is 5.10 Å². The molecule has 0 aromatic carbocycles. The molecule has 0 saturated carbocycles. The fourth-order valence-electron chi connectivity index (χ4n) is 1.12. The van der Waals surface area contributed by atoms with Gasteiger partial charge in [-0.05, 0) is 51.1 Å². The molecular formula is C8H13Br2N3O. The van der Waals surface area contributed by atoms with E-state index in [1.807, 2.05) is 4.68 Å². The lowest BCUT2D eigenvalue weighted by Crippen LogP contribution is -2.01. The Morgan fingerprint density at radius 2 is 2.07 bits per heavy atom. The summed E-state index contributed by atoms with van der Waals surface area (Å²) >= 11 is 6.56. The molecule has 0 unspecified atom stereocenters. The molecule has 0 bridgehead atoms. The molecule has 0 aliphatic rings. The van der Waals surface area contributed by atoms with Crippen LogP contribution in [0.15, 0.2) is 9.47 Å². The summed E-state index contributed by atoms with van der Waals surface area (Å²) in [5.41, 5.74) is 0. The van der Waals surface area contributed by atoms with Gasteiger partial charge < -0.3 is 4.74 Å². The fraction of sp³-hybridized carbons (Fsp3) is 0.750. The van der Waals surface area contributed by atoms with Crippen LogP contribution in [0.2, 0.25) is 0 Å². The van der Waals surface area contributed by atoms with Crippen LogP contribution in [0.25, 0.3) is 0 Å². The maximum atomic E-state index is 4.97. The maximum Gasteiger partial charge on any atom is 0.218 e. The van der Waals surface area contributed by atoms with Gasteiger partial charge in [-0.2, -0.15) is 4.98 Å². The molecule has 80 valence electrons. The molecule has 14 heavy (non-hydrogen) atoms. The van der Waals surface area contributed by atoms with Crippen molar-refractivity contribution in [3.8, 4) is 0 Å². The van der Waals surface area contributed by atoms with Gasteiger partial charge >= 0.3 is 0 Å². The third-order valence-electron chi connectivity index (χ3n) is 1.82. The highest BCUT2D eigenvalue weighted by atomic mass is 79.9. The molecule has 0 spiro atoms. The van der Waals surface area contributed by atoms with Gasteiger partial charge in [-0.1, -0.05) is 0 Å². The molecule has 1 aromatic heterocycles. The molecule has 1 rings (SSSR count). The van der Waals surface area contributed by atoms with E-state index in [0.29, 0.717) is 4.73 Å². The van der Waals surface area contributed by atoms with E-state index in [9.17, 15) is 0 Å². The van der Waals surface area contributed by atoms with Crippen LogP contribution in [0.5, 0.6) is 0 Å². The Morgan fingerprint density at radius 1 is 1.29 bits per heavy atom. The van der Waals surface area contributed by atoms with Crippen molar-refractivity contribution in [2.24, 2.45) is 0 Å². The Labute approximate surface area is 100 Å². The lowest BCUT2D eigenvalue weighted by molar-refractivity contribution is 0.191. The average Bonchev–Trinajstić information content (AvgIpc) is 2.45. The van der Waals surface area contributed by atoms with Crippen LogP contribution >= 0.6 is 31.9 Å². The quantitative estimate of drug-likeness (QED) is 0.754. The van der Waals surface area contributed by atoms with Gasteiger partial charge in [0, 0.05) is 20.3 Å². The van der Waals surface area contributed by atoms with E-state index in [4.69, 9.17) is 4.74 Å². The van der Waals surface area contributed by atoms with Gasteiger partial charge in [-0.3, -0.25) is 0 Å². The summed E-state index contributed by atoms with van der Waals surface area (Å²) in [7, 11) is 1.73. The Balaban J connectivity index is 2.21. The predicted molar refractivity (Wildman–Crippen MR) is 61.1 cm³/mol. The molecule has 0 fully saturated rings. The Hall–Kier alpha value is 0.0600. The second kappa shape index (κ2) is 6.53. The molecule has 0 radical (unpaired) electrons.